The van der Waals surface area contributed by atoms with Gasteiger partial charge >= 0.3 is 12.2 Å². The van der Waals surface area contributed by atoms with E-state index < -0.39 is 23.8 Å². The molecular formula is C29H24F3N7O3. The van der Waals surface area contributed by atoms with Gasteiger partial charge in [-0.1, -0.05) is 53.6 Å². The van der Waals surface area contributed by atoms with Crippen LogP contribution in [-0.4, -0.2) is 58.3 Å². The largest absolute Gasteiger partial charge is 0.417 e. The lowest BCUT2D eigenvalue weighted by molar-refractivity contribution is -0.137. The van der Waals surface area contributed by atoms with Crippen LogP contribution in [0.15, 0.2) is 76.3 Å². The number of rotatable bonds is 5. The van der Waals surface area contributed by atoms with E-state index in [9.17, 15) is 18.0 Å². The summed E-state index contributed by atoms with van der Waals surface area (Å²) >= 11 is 0. The lowest BCUT2D eigenvalue weighted by Gasteiger charge is -2.37. The molecule has 2 N–H and O–H groups in total. The number of alkyl halides is 3. The first-order chi connectivity index (χ1) is 20.3. The van der Waals surface area contributed by atoms with Crippen LogP contribution in [-0.2, 0) is 15.7 Å². The van der Waals surface area contributed by atoms with E-state index in [1.54, 1.807) is 6.07 Å². The number of hydrogen-bond donors (Lipinski definition) is 2. The van der Waals surface area contributed by atoms with Crippen molar-refractivity contribution in [3.8, 4) is 11.6 Å². The number of halogens is 3. The molecule has 42 heavy (non-hydrogen) atoms. The van der Waals surface area contributed by atoms with Gasteiger partial charge in [0.2, 0.25) is 6.17 Å². The summed E-state index contributed by atoms with van der Waals surface area (Å²) in [5, 5.41) is 13.9. The highest BCUT2D eigenvalue weighted by atomic mass is 19.4. The highest BCUT2D eigenvalue weighted by Gasteiger charge is 2.41. The van der Waals surface area contributed by atoms with Gasteiger partial charge in [0.25, 0.3) is 11.8 Å². The Morgan fingerprint density at radius 1 is 0.976 bits per heavy atom. The van der Waals surface area contributed by atoms with Crippen LogP contribution in [0.4, 0.5) is 30.6 Å². The van der Waals surface area contributed by atoms with Gasteiger partial charge in [0.05, 0.1) is 47.9 Å². The van der Waals surface area contributed by atoms with Gasteiger partial charge in [-0.2, -0.15) is 13.2 Å². The van der Waals surface area contributed by atoms with E-state index in [0.29, 0.717) is 24.6 Å². The number of hydrogen-bond acceptors (Lipinski definition) is 9. The maximum atomic E-state index is 13.7. The Kier molecular flexibility index (Phi) is 6.38. The minimum atomic E-state index is -4.58. The molecule has 13 heteroatoms. The quantitative estimate of drug-likeness (QED) is 0.350. The average Bonchev–Trinajstić information content (AvgIpc) is 3.51. The van der Waals surface area contributed by atoms with Crippen molar-refractivity contribution in [1.29, 1.82) is 0 Å². The molecule has 214 valence electrons. The van der Waals surface area contributed by atoms with Crippen molar-refractivity contribution in [3.63, 3.8) is 0 Å². The van der Waals surface area contributed by atoms with Crippen molar-refractivity contribution in [2.75, 3.05) is 28.7 Å². The van der Waals surface area contributed by atoms with Crippen molar-refractivity contribution in [3.05, 3.63) is 83.6 Å². The lowest BCUT2D eigenvalue weighted by Crippen LogP contribution is -2.46. The molecule has 2 saturated heterocycles. The van der Waals surface area contributed by atoms with Crippen molar-refractivity contribution in [2.24, 2.45) is 4.99 Å². The molecule has 10 nitrogen and oxygen atoms in total. The number of nitrogens with zero attached hydrogens (tertiary/aromatic N) is 5. The third-order valence-corrected chi connectivity index (χ3v) is 7.60. The fraction of sp³-hybridized carbons (Fsp3) is 0.276. The third kappa shape index (κ3) is 4.75. The van der Waals surface area contributed by atoms with E-state index in [1.807, 2.05) is 53.4 Å². The number of benzodiazepines with no additional fused rings is 1. The molecule has 0 aliphatic carbocycles. The molecule has 0 saturated carbocycles. The minimum absolute atomic E-state index is 0.0864. The van der Waals surface area contributed by atoms with Crippen LogP contribution in [0.25, 0.3) is 11.6 Å². The maximum Gasteiger partial charge on any atom is 0.417 e. The normalized spacial score (nSPS) is 21.8. The summed E-state index contributed by atoms with van der Waals surface area (Å²) < 4.78 is 52.5. The molecule has 3 aliphatic rings. The number of pyridine rings is 1. The van der Waals surface area contributed by atoms with Crippen molar-refractivity contribution in [2.45, 2.75) is 37.3 Å². The zero-order valence-corrected chi connectivity index (χ0v) is 22.0. The Labute approximate surface area is 237 Å². The van der Waals surface area contributed by atoms with Crippen LogP contribution < -0.4 is 15.5 Å². The molecule has 0 radical (unpaired) electrons. The second-order valence-electron chi connectivity index (χ2n) is 10.3. The van der Waals surface area contributed by atoms with Gasteiger partial charge in [0.1, 0.15) is 0 Å². The molecule has 4 aromatic rings. The number of anilines is 3. The molecule has 2 aromatic heterocycles. The molecule has 1 amide bonds. The smallest absolute Gasteiger partial charge is 0.402 e. The molecule has 7 rings (SSSR count). The summed E-state index contributed by atoms with van der Waals surface area (Å²) in [5.74, 6) is -0.539. The van der Waals surface area contributed by atoms with E-state index in [2.05, 4.69) is 25.8 Å². The van der Waals surface area contributed by atoms with Crippen LogP contribution in [0.1, 0.15) is 29.5 Å². The van der Waals surface area contributed by atoms with Crippen molar-refractivity contribution >= 4 is 29.0 Å². The highest BCUT2D eigenvalue weighted by molar-refractivity contribution is 6.19. The fourth-order valence-electron chi connectivity index (χ4n) is 5.67. The van der Waals surface area contributed by atoms with Gasteiger partial charge in [0, 0.05) is 17.3 Å². The third-order valence-electron chi connectivity index (χ3n) is 7.60. The Balaban J connectivity index is 1.24. The number of para-hydroxylation sites is 1. The first-order valence-corrected chi connectivity index (χ1v) is 13.4. The minimum Gasteiger partial charge on any atom is -0.402 e. The number of amides is 1. The summed E-state index contributed by atoms with van der Waals surface area (Å²) in [6.07, 6.45) is -3.39. The monoisotopic (exact) mass is 575 g/mol. The van der Waals surface area contributed by atoms with Crippen molar-refractivity contribution in [1.82, 2.24) is 15.2 Å². The molecule has 0 spiro atoms. The number of fused-ring (bicyclic) bond motifs is 3. The molecule has 2 aromatic carbocycles. The number of nitrogens with one attached hydrogen (secondary N) is 2. The standard InChI is InChI=1S/C29H24F3N7O3/c30-29(31,32)17-12-22(39-18-10-11-19(39)15-41-14-18)24(33-13-17)27-37-38-28(42-27)36-25-26(40)34-21-9-5-4-8-20(21)23(35-25)16-6-2-1-3-7-16/h1-9,12-13,18-19,25H,10-11,14-15H2,(H,34,40)(H,36,38)/t18?,19?,25-/m1/s1. The van der Waals surface area contributed by atoms with E-state index in [1.165, 1.54) is 0 Å². The molecule has 5 heterocycles. The molecular weight excluding hydrogens is 551 g/mol. The van der Waals surface area contributed by atoms with Gasteiger partial charge in [-0.05, 0) is 25.0 Å². The topological polar surface area (TPSA) is 118 Å². The fourth-order valence-corrected chi connectivity index (χ4v) is 5.67. The van der Waals surface area contributed by atoms with Crippen LogP contribution >= 0.6 is 0 Å². The zero-order chi connectivity index (χ0) is 28.8. The lowest BCUT2D eigenvalue weighted by atomic mass is 10.0. The van der Waals surface area contributed by atoms with Crippen LogP contribution in [0.5, 0.6) is 0 Å². The van der Waals surface area contributed by atoms with E-state index in [4.69, 9.17) is 14.1 Å². The Bertz CT molecular complexity index is 1660. The SMILES string of the molecule is O=C1Nc2ccccc2C(c2ccccc2)=N[C@@H]1Nc1nnc(-c2ncc(C(F)(F)F)cc2N2C3CCC2COC3)o1. The van der Waals surface area contributed by atoms with Gasteiger partial charge in [-0.3, -0.25) is 4.79 Å². The van der Waals surface area contributed by atoms with Crippen LogP contribution in [0.2, 0.25) is 0 Å². The van der Waals surface area contributed by atoms with Crippen LogP contribution in [0, 0.1) is 0 Å². The second kappa shape index (κ2) is 10.2. The number of benzene rings is 2. The van der Waals surface area contributed by atoms with E-state index in [-0.39, 0.29) is 35.4 Å². The maximum absolute atomic E-state index is 13.7. The van der Waals surface area contributed by atoms with Gasteiger partial charge < -0.3 is 24.7 Å². The number of carbonyl (C=O) groups excluding carboxylic acids is 1. The summed E-state index contributed by atoms with van der Waals surface area (Å²) in [7, 11) is 0. The number of aliphatic imine (C=N–C) groups is 1. The van der Waals surface area contributed by atoms with E-state index in [0.717, 1.165) is 36.2 Å². The number of aromatic nitrogens is 3. The van der Waals surface area contributed by atoms with E-state index >= 15 is 0 Å². The second-order valence-corrected chi connectivity index (χ2v) is 10.3. The Morgan fingerprint density at radius 3 is 2.48 bits per heavy atom. The number of carbonyl (C=O) groups is 1. The van der Waals surface area contributed by atoms with Gasteiger partial charge in [-0.25, -0.2) is 9.98 Å². The summed E-state index contributed by atoms with van der Waals surface area (Å²) in [4.78, 5) is 23.9. The van der Waals surface area contributed by atoms with Gasteiger partial charge in [0.15, 0.2) is 5.69 Å². The molecule has 3 aliphatic heterocycles. The van der Waals surface area contributed by atoms with Crippen molar-refractivity contribution < 1.29 is 27.1 Å². The number of morpholine rings is 1. The predicted octanol–water partition coefficient (Wildman–Crippen LogP) is 4.75. The zero-order valence-electron chi connectivity index (χ0n) is 22.0. The summed E-state index contributed by atoms with van der Waals surface area (Å²) in [6, 6.07) is 17.5. The van der Waals surface area contributed by atoms with Gasteiger partial charge in [-0.15, -0.1) is 5.10 Å². The highest BCUT2D eigenvalue weighted by Crippen LogP contribution is 2.41. The molecule has 2 bridgehead atoms. The predicted molar refractivity (Wildman–Crippen MR) is 147 cm³/mol. The number of ether oxygens (including phenoxy) is 1. The molecule has 2 unspecified atom stereocenters. The average molecular weight is 576 g/mol. The first kappa shape index (κ1) is 26.1. The summed E-state index contributed by atoms with van der Waals surface area (Å²) in [6.45, 7) is 0.813. The Morgan fingerprint density at radius 2 is 1.71 bits per heavy atom. The summed E-state index contributed by atoms with van der Waals surface area (Å²) in [5.41, 5.74) is 2.22. The Hall–Kier alpha value is -4.78. The van der Waals surface area contributed by atoms with Crippen LogP contribution in [0.3, 0.4) is 0 Å². The molecule has 2 fully saturated rings. The first-order valence-electron chi connectivity index (χ1n) is 13.4. The molecule has 3 atom stereocenters.